The number of anilines is 1. The molecule has 30 heavy (non-hydrogen) atoms. The Hall–Kier alpha value is -3.33. The van der Waals surface area contributed by atoms with Gasteiger partial charge in [0.25, 0.3) is 0 Å². The maximum absolute atomic E-state index is 12.3. The third kappa shape index (κ3) is 4.30. The molecule has 0 amide bonds. The average molecular weight is 415 g/mol. The van der Waals surface area contributed by atoms with Gasteiger partial charge in [0.1, 0.15) is 24.8 Å². The Morgan fingerprint density at radius 3 is 2.43 bits per heavy atom. The molecule has 0 radical (unpaired) electrons. The lowest BCUT2D eigenvalue weighted by molar-refractivity contribution is -0.140. The first kappa shape index (κ1) is 21.4. The van der Waals surface area contributed by atoms with E-state index in [2.05, 4.69) is 5.10 Å². The van der Waals surface area contributed by atoms with Crippen LogP contribution in [0, 0.1) is 6.92 Å². The van der Waals surface area contributed by atoms with Gasteiger partial charge in [-0.15, -0.1) is 0 Å². The van der Waals surface area contributed by atoms with Crippen molar-refractivity contribution in [2.24, 2.45) is 0 Å². The standard InChI is InChI=1S/C21H25N3O6/c1-5-24-14(2)15(10-22-24)11-30-17-8-6-16(7-9-17)23-13-29-12-18(20(25)27-3)19(23)21(26)28-4/h6-10H,5,11-13H2,1-4H3. The quantitative estimate of drug-likeness (QED) is 0.636. The predicted molar refractivity (Wildman–Crippen MR) is 108 cm³/mol. The van der Waals surface area contributed by atoms with Crippen molar-refractivity contribution in [3.8, 4) is 5.75 Å². The van der Waals surface area contributed by atoms with Crippen LogP contribution in [0.25, 0.3) is 0 Å². The van der Waals surface area contributed by atoms with Gasteiger partial charge in [-0.3, -0.25) is 4.68 Å². The van der Waals surface area contributed by atoms with Gasteiger partial charge in [0, 0.05) is 23.5 Å². The minimum Gasteiger partial charge on any atom is -0.489 e. The van der Waals surface area contributed by atoms with Crippen molar-refractivity contribution >= 4 is 17.6 Å². The van der Waals surface area contributed by atoms with Crippen LogP contribution in [-0.4, -0.2) is 49.3 Å². The van der Waals surface area contributed by atoms with E-state index in [0.29, 0.717) is 18.0 Å². The molecule has 160 valence electrons. The first-order valence-electron chi connectivity index (χ1n) is 9.49. The van der Waals surface area contributed by atoms with E-state index in [1.54, 1.807) is 35.4 Å². The van der Waals surface area contributed by atoms with Crippen LogP contribution in [0.15, 0.2) is 41.7 Å². The van der Waals surface area contributed by atoms with E-state index < -0.39 is 11.9 Å². The fourth-order valence-electron chi connectivity index (χ4n) is 3.18. The molecule has 0 fully saturated rings. The zero-order valence-electron chi connectivity index (χ0n) is 17.5. The molecule has 0 saturated heterocycles. The van der Waals surface area contributed by atoms with Gasteiger partial charge >= 0.3 is 11.9 Å². The number of esters is 2. The number of rotatable bonds is 7. The molecule has 3 rings (SSSR count). The number of carbonyl (C=O) groups excluding carboxylic acids is 2. The fraction of sp³-hybridized carbons (Fsp3) is 0.381. The Kier molecular flexibility index (Phi) is 6.73. The van der Waals surface area contributed by atoms with Crippen LogP contribution in [-0.2, 0) is 37.0 Å². The molecule has 2 heterocycles. The first-order chi connectivity index (χ1) is 14.5. The molecule has 0 aliphatic carbocycles. The van der Waals surface area contributed by atoms with E-state index in [-0.39, 0.29) is 24.6 Å². The van der Waals surface area contributed by atoms with Crippen molar-refractivity contribution in [3.63, 3.8) is 0 Å². The van der Waals surface area contributed by atoms with E-state index in [1.165, 1.54) is 14.2 Å². The van der Waals surface area contributed by atoms with E-state index in [4.69, 9.17) is 18.9 Å². The number of benzene rings is 1. The van der Waals surface area contributed by atoms with Crippen LogP contribution in [0.1, 0.15) is 18.2 Å². The number of ether oxygens (including phenoxy) is 4. The highest BCUT2D eigenvalue weighted by molar-refractivity contribution is 6.03. The Balaban J connectivity index is 1.79. The molecule has 0 atom stereocenters. The summed E-state index contributed by atoms with van der Waals surface area (Å²) in [5.41, 5.74) is 2.96. The first-order valence-corrected chi connectivity index (χ1v) is 9.49. The minimum atomic E-state index is -0.637. The number of aryl methyl sites for hydroxylation is 1. The number of nitrogens with zero attached hydrogens (tertiary/aromatic N) is 3. The van der Waals surface area contributed by atoms with Crippen LogP contribution >= 0.6 is 0 Å². The molecule has 2 aromatic rings. The number of carbonyl (C=O) groups is 2. The van der Waals surface area contributed by atoms with Crippen molar-refractivity contribution in [2.45, 2.75) is 27.0 Å². The van der Waals surface area contributed by atoms with Crippen molar-refractivity contribution in [2.75, 3.05) is 32.5 Å². The Bertz CT molecular complexity index is 948. The molecule has 0 spiro atoms. The monoisotopic (exact) mass is 415 g/mol. The number of hydrogen-bond donors (Lipinski definition) is 0. The van der Waals surface area contributed by atoms with E-state index >= 15 is 0 Å². The van der Waals surface area contributed by atoms with Gasteiger partial charge in [0.15, 0.2) is 0 Å². The zero-order valence-corrected chi connectivity index (χ0v) is 17.5. The molecule has 1 aromatic heterocycles. The van der Waals surface area contributed by atoms with Crippen molar-refractivity contribution < 1.29 is 28.5 Å². The molecule has 0 bridgehead atoms. The third-order valence-electron chi connectivity index (χ3n) is 4.88. The number of methoxy groups -OCH3 is 2. The van der Waals surface area contributed by atoms with Gasteiger partial charge in [-0.2, -0.15) is 5.10 Å². The van der Waals surface area contributed by atoms with Gasteiger partial charge in [-0.25, -0.2) is 9.59 Å². The van der Waals surface area contributed by atoms with E-state index in [9.17, 15) is 9.59 Å². The maximum Gasteiger partial charge on any atom is 0.355 e. The molecule has 1 aromatic carbocycles. The maximum atomic E-state index is 12.3. The van der Waals surface area contributed by atoms with E-state index in [1.807, 2.05) is 18.5 Å². The SMILES string of the molecule is CCn1ncc(COc2ccc(N3COCC(C(=O)OC)=C3C(=O)OC)cc2)c1C. The van der Waals surface area contributed by atoms with Gasteiger partial charge in [0.2, 0.25) is 0 Å². The molecule has 0 N–H and O–H groups in total. The summed E-state index contributed by atoms with van der Waals surface area (Å²) in [5, 5.41) is 4.31. The van der Waals surface area contributed by atoms with Crippen molar-refractivity contribution in [3.05, 3.63) is 53.0 Å². The summed E-state index contributed by atoms with van der Waals surface area (Å²) >= 11 is 0. The van der Waals surface area contributed by atoms with Crippen LogP contribution in [0.2, 0.25) is 0 Å². The molecule has 9 heteroatoms. The van der Waals surface area contributed by atoms with Gasteiger partial charge in [-0.05, 0) is 38.1 Å². The van der Waals surface area contributed by atoms with E-state index in [0.717, 1.165) is 17.8 Å². The van der Waals surface area contributed by atoms with Gasteiger partial charge < -0.3 is 23.8 Å². The second-order valence-corrected chi connectivity index (χ2v) is 6.57. The lowest BCUT2D eigenvalue weighted by Gasteiger charge is -2.31. The molecule has 1 aliphatic heterocycles. The number of aromatic nitrogens is 2. The second kappa shape index (κ2) is 9.45. The highest BCUT2D eigenvalue weighted by atomic mass is 16.5. The minimum absolute atomic E-state index is 0.0282. The largest absolute Gasteiger partial charge is 0.489 e. The molecule has 0 saturated carbocycles. The smallest absolute Gasteiger partial charge is 0.355 e. The molecule has 1 aliphatic rings. The van der Waals surface area contributed by atoms with Crippen LogP contribution in [0.3, 0.4) is 0 Å². The van der Waals surface area contributed by atoms with Crippen molar-refractivity contribution in [1.29, 1.82) is 0 Å². The Morgan fingerprint density at radius 2 is 1.83 bits per heavy atom. The molecule has 0 unspecified atom stereocenters. The summed E-state index contributed by atoms with van der Waals surface area (Å²) < 4.78 is 22.9. The summed E-state index contributed by atoms with van der Waals surface area (Å²) in [6, 6.07) is 7.14. The molecular formula is C21H25N3O6. The lowest BCUT2D eigenvalue weighted by atomic mass is 10.1. The van der Waals surface area contributed by atoms with Crippen LogP contribution in [0.4, 0.5) is 5.69 Å². The highest BCUT2D eigenvalue weighted by Gasteiger charge is 2.32. The van der Waals surface area contributed by atoms with Gasteiger partial charge in [0.05, 0.1) is 32.6 Å². The lowest BCUT2D eigenvalue weighted by Crippen LogP contribution is -2.38. The average Bonchev–Trinajstić information content (AvgIpc) is 3.15. The fourth-order valence-corrected chi connectivity index (χ4v) is 3.18. The normalized spacial score (nSPS) is 13.9. The summed E-state index contributed by atoms with van der Waals surface area (Å²) in [6.07, 6.45) is 1.81. The highest BCUT2D eigenvalue weighted by Crippen LogP contribution is 2.28. The third-order valence-corrected chi connectivity index (χ3v) is 4.88. The molecule has 9 nitrogen and oxygen atoms in total. The summed E-state index contributed by atoms with van der Waals surface area (Å²) in [4.78, 5) is 26.0. The molecular weight excluding hydrogens is 390 g/mol. The van der Waals surface area contributed by atoms with Crippen LogP contribution in [0.5, 0.6) is 5.75 Å². The number of hydrogen-bond acceptors (Lipinski definition) is 8. The summed E-state index contributed by atoms with van der Waals surface area (Å²) in [5.74, 6) is -0.609. The second-order valence-electron chi connectivity index (χ2n) is 6.57. The Morgan fingerprint density at radius 1 is 1.13 bits per heavy atom. The summed E-state index contributed by atoms with van der Waals surface area (Å²) in [7, 11) is 2.51. The topological polar surface area (TPSA) is 92.1 Å². The predicted octanol–water partition coefficient (Wildman–Crippen LogP) is 2.18. The van der Waals surface area contributed by atoms with Crippen LogP contribution < -0.4 is 9.64 Å². The van der Waals surface area contributed by atoms with Gasteiger partial charge in [-0.1, -0.05) is 0 Å². The van der Waals surface area contributed by atoms with Crippen molar-refractivity contribution in [1.82, 2.24) is 9.78 Å². The Labute approximate surface area is 174 Å². The zero-order chi connectivity index (χ0) is 21.7. The summed E-state index contributed by atoms with van der Waals surface area (Å²) in [6.45, 7) is 5.32.